The van der Waals surface area contributed by atoms with Crippen LogP contribution in [0.1, 0.15) is 16.8 Å². The van der Waals surface area contributed by atoms with Gasteiger partial charge in [0, 0.05) is 30.7 Å². The summed E-state index contributed by atoms with van der Waals surface area (Å²) in [5, 5.41) is 19.6. The molecule has 1 atom stereocenters. The van der Waals surface area contributed by atoms with Gasteiger partial charge in [0.05, 0.1) is 18.6 Å². The van der Waals surface area contributed by atoms with Gasteiger partial charge in [-0.3, -0.25) is 14.9 Å². The summed E-state index contributed by atoms with van der Waals surface area (Å²) in [4.78, 5) is 34.3. The molecule has 1 heterocycles. The van der Waals surface area contributed by atoms with E-state index in [4.69, 9.17) is 9.84 Å². The maximum Gasteiger partial charge on any atom is 0.343 e. The molecule has 1 aliphatic rings. The van der Waals surface area contributed by atoms with Crippen molar-refractivity contribution in [3.8, 4) is 5.75 Å². The molecule has 1 aromatic rings. The van der Waals surface area contributed by atoms with E-state index in [0.29, 0.717) is 0 Å². The number of aliphatic carboxylic acids is 1. The Balaban J connectivity index is 2.24. The fourth-order valence-corrected chi connectivity index (χ4v) is 2.26. The van der Waals surface area contributed by atoms with Crippen LogP contribution in [0.5, 0.6) is 5.75 Å². The molecule has 0 bridgehead atoms. The average molecular weight is 312 g/mol. The number of likely N-dealkylation sites (tertiary alicyclic amines) is 1. The normalized spacial score (nSPS) is 20.7. The molecule has 1 saturated heterocycles. The predicted octanol–water partition coefficient (Wildman–Crippen LogP) is 1.24. The number of carboxylic acids is 1. The molecule has 1 fully saturated rings. The minimum atomic E-state index is -2.46. The lowest BCUT2D eigenvalue weighted by Gasteiger charge is -2.18. The topological polar surface area (TPSA) is 110 Å². The highest BCUT2D eigenvalue weighted by atomic mass is 19.1. The summed E-state index contributed by atoms with van der Waals surface area (Å²) in [6.07, 6.45) is -0.293. The lowest BCUT2D eigenvalue weighted by Crippen LogP contribution is -2.38. The predicted molar refractivity (Wildman–Crippen MR) is 71.6 cm³/mol. The van der Waals surface area contributed by atoms with Gasteiger partial charge in [-0.25, -0.2) is 9.18 Å². The fourth-order valence-electron chi connectivity index (χ4n) is 2.26. The number of carboxylic acid groups (broad SMARTS) is 1. The van der Waals surface area contributed by atoms with Crippen molar-refractivity contribution in [1.29, 1.82) is 0 Å². The molecule has 8 nitrogen and oxygen atoms in total. The van der Waals surface area contributed by atoms with Crippen molar-refractivity contribution in [3.63, 3.8) is 0 Å². The second-order valence-corrected chi connectivity index (χ2v) is 4.89. The number of hydrogen-bond donors (Lipinski definition) is 1. The van der Waals surface area contributed by atoms with Crippen LogP contribution in [0.25, 0.3) is 0 Å². The van der Waals surface area contributed by atoms with Crippen molar-refractivity contribution in [2.75, 3.05) is 20.2 Å². The highest BCUT2D eigenvalue weighted by Crippen LogP contribution is 2.30. The van der Waals surface area contributed by atoms with Gasteiger partial charge < -0.3 is 14.7 Å². The zero-order valence-corrected chi connectivity index (χ0v) is 11.6. The van der Waals surface area contributed by atoms with Gasteiger partial charge in [0.25, 0.3) is 5.91 Å². The zero-order chi connectivity index (χ0) is 16.5. The van der Waals surface area contributed by atoms with E-state index >= 15 is 0 Å². The van der Waals surface area contributed by atoms with E-state index in [9.17, 15) is 24.1 Å². The summed E-state index contributed by atoms with van der Waals surface area (Å²) in [6, 6.07) is 3.52. The number of halogens is 1. The minimum Gasteiger partial charge on any atom is -0.490 e. The van der Waals surface area contributed by atoms with Crippen molar-refractivity contribution in [2.24, 2.45) is 0 Å². The van der Waals surface area contributed by atoms with Crippen LogP contribution in [-0.4, -0.2) is 52.7 Å². The summed E-state index contributed by atoms with van der Waals surface area (Å²) in [6.45, 7) is -0.596. The van der Waals surface area contributed by atoms with Crippen molar-refractivity contribution in [3.05, 3.63) is 33.9 Å². The Bertz CT molecular complexity index is 649. The van der Waals surface area contributed by atoms with Gasteiger partial charge in [-0.2, -0.15) is 0 Å². The zero-order valence-electron chi connectivity index (χ0n) is 11.6. The van der Waals surface area contributed by atoms with Crippen LogP contribution < -0.4 is 4.74 Å². The Hall–Kier alpha value is -2.71. The van der Waals surface area contributed by atoms with Crippen molar-refractivity contribution in [1.82, 2.24) is 4.90 Å². The Morgan fingerprint density at radius 1 is 1.50 bits per heavy atom. The maximum absolute atomic E-state index is 14.0. The van der Waals surface area contributed by atoms with Crippen LogP contribution in [0, 0.1) is 10.1 Å². The molecule has 2 rings (SSSR count). The minimum absolute atomic E-state index is 0.0407. The maximum atomic E-state index is 14.0. The Morgan fingerprint density at radius 3 is 2.68 bits per heavy atom. The molecule has 1 N–H and O–H groups in total. The van der Waals surface area contributed by atoms with E-state index in [1.165, 1.54) is 19.2 Å². The summed E-state index contributed by atoms with van der Waals surface area (Å²) >= 11 is 0. The Labute approximate surface area is 124 Å². The molecular formula is C13H13FN2O6. The summed E-state index contributed by atoms with van der Waals surface area (Å²) in [5.74, 6) is -2.31. The average Bonchev–Trinajstić information content (AvgIpc) is 2.89. The Morgan fingerprint density at radius 2 is 2.18 bits per heavy atom. The van der Waals surface area contributed by atoms with Gasteiger partial charge in [0.15, 0.2) is 5.75 Å². The Kier molecular flexibility index (Phi) is 3.98. The van der Waals surface area contributed by atoms with E-state index in [2.05, 4.69) is 0 Å². The molecule has 1 unspecified atom stereocenters. The van der Waals surface area contributed by atoms with Crippen molar-refractivity contribution in [2.45, 2.75) is 12.1 Å². The molecule has 0 radical (unpaired) electrons. The highest BCUT2D eigenvalue weighted by Gasteiger charge is 2.47. The van der Waals surface area contributed by atoms with Crippen LogP contribution in [0.3, 0.4) is 0 Å². The monoisotopic (exact) mass is 312 g/mol. The van der Waals surface area contributed by atoms with E-state index in [-0.39, 0.29) is 30.0 Å². The van der Waals surface area contributed by atoms with Gasteiger partial charge in [-0.1, -0.05) is 0 Å². The van der Waals surface area contributed by atoms with Gasteiger partial charge >= 0.3 is 11.7 Å². The van der Waals surface area contributed by atoms with Crippen LogP contribution in [0.2, 0.25) is 0 Å². The smallest absolute Gasteiger partial charge is 0.343 e. The number of nitro benzene ring substituents is 1. The third kappa shape index (κ3) is 2.69. The van der Waals surface area contributed by atoms with Crippen LogP contribution in [0.4, 0.5) is 10.1 Å². The van der Waals surface area contributed by atoms with Gasteiger partial charge in [-0.05, 0) is 6.07 Å². The van der Waals surface area contributed by atoms with Gasteiger partial charge in [0.1, 0.15) is 0 Å². The number of nitrogens with zero attached hydrogens (tertiary/aromatic N) is 2. The number of alkyl halides is 1. The number of carbonyl (C=O) groups is 2. The molecule has 118 valence electrons. The number of carbonyl (C=O) groups excluding carboxylic acids is 1. The second-order valence-electron chi connectivity index (χ2n) is 4.89. The first-order valence-corrected chi connectivity index (χ1v) is 6.32. The van der Waals surface area contributed by atoms with E-state index in [1.54, 1.807) is 0 Å². The molecule has 0 aliphatic carbocycles. The molecular weight excluding hydrogens is 299 g/mol. The van der Waals surface area contributed by atoms with E-state index in [1.807, 2.05) is 0 Å². The molecule has 1 aromatic carbocycles. The fraction of sp³-hybridized carbons (Fsp3) is 0.385. The number of hydrogen-bond acceptors (Lipinski definition) is 5. The quantitative estimate of drug-likeness (QED) is 0.661. The number of amides is 1. The number of methoxy groups -OCH3 is 1. The summed E-state index contributed by atoms with van der Waals surface area (Å²) in [5.41, 5.74) is -2.69. The molecule has 9 heteroatoms. The van der Waals surface area contributed by atoms with Crippen molar-refractivity contribution < 1.29 is 28.7 Å². The summed E-state index contributed by atoms with van der Waals surface area (Å²) < 4.78 is 18.8. The first-order chi connectivity index (χ1) is 10.3. The van der Waals surface area contributed by atoms with E-state index < -0.39 is 29.0 Å². The molecule has 0 spiro atoms. The standard InChI is InChI=1S/C13H13FN2O6/c1-22-10-6-8(2-3-9(10)16(20)21)11(17)15-5-4-13(14,7-15)12(18)19/h2-3,6H,4-5,7H2,1H3,(H,18,19). The third-order valence-corrected chi connectivity index (χ3v) is 3.51. The summed E-state index contributed by atoms with van der Waals surface area (Å²) in [7, 11) is 1.23. The van der Waals surface area contributed by atoms with Crippen LogP contribution in [-0.2, 0) is 4.79 Å². The molecule has 0 saturated carbocycles. The molecule has 1 aliphatic heterocycles. The molecule has 1 amide bonds. The third-order valence-electron chi connectivity index (χ3n) is 3.51. The number of ether oxygens (including phenoxy) is 1. The SMILES string of the molecule is COc1cc(C(=O)N2CCC(F)(C(=O)O)C2)ccc1[N+](=O)[O-]. The first kappa shape index (κ1) is 15.7. The van der Waals surface area contributed by atoms with E-state index in [0.717, 1.165) is 11.0 Å². The molecule has 22 heavy (non-hydrogen) atoms. The number of rotatable bonds is 4. The number of benzene rings is 1. The van der Waals surface area contributed by atoms with Crippen LogP contribution >= 0.6 is 0 Å². The lowest BCUT2D eigenvalue weighted by molar-refractivity contribution is -0.385. The van der Waals surface area contributed by atoms with Crippen molar-refractivity contribution >= 4 is 17.6 Å². The largest absolute Gasteiger partial charge is 0.490 e. The molecule has 0 aromatic heterocycles. The highest BCUT2D eigenvalue weighted by molar-refractivity contribution is 5.96. The van der Waals surface area contributed by atoms with Crippen LogP contribution in [0.15, 0.2) is 18.2 Å². The number of nitro groups is 1. The first-order valence-electron chi connectivity index (χ1n) is 6.32. The second kappa shape index (κ2) is 5.58. The van der Waals surface area contributed by atoms with Gasteiger partial charge in [-0.15, -0.1) is 0 Å². The van der Waals surface area contributed by atoms with Gasteiger partial charge in [0.2, 0.25) is 5.67 Å². The lowest BCUT2D eigenvalue weighted by atomic mass is 10.1.